The van der Waals surface area contributed by atoms with Gasteiger partial charge in [-0.25, -0.2) is 9.78 Å². The van der Waals surface area contributed by atoms with Crippen molar-refractivity contribution in [2.75, 3.05) is 6.61 Å². The van der Waals surface area contributed by atoms with Gasteiger partial charge >= 0.3 is 5.97 Å². The number of hydrogen-bond donors (Lipinski definition) is 0. The van der Waals surface area contributed by atoms with E-state index in [9.17, 15) is 4.79 Å². The van der Waals surface area contributed by atoms with Crippen LogP contribution in [-0.2, 0) is 17.7 Å². The molecule has 3 aromatic rings. The molecule has 2 aromatic carbocycles. The minimum Gasteiger partial charge on any atom is -0.462 e. The third-order valence-electron chi connectivity index (χ3n) is 4.30. The van der Waals surface area contributed by atoms with Gasteiger partial charge in [-0.3, -0.25) is 0 Å². The Morgan fingerprint density at radius 1 is 1.20 bits per heavy atom. The van der Waals surface area contributed by atoms with E-state index in [1.165, 1.54) is 5.56 Å². The predicted molar refractivity (Wildman–Crippen MR) is 100 cm³/mol. The number of aromatic nitrogens is 2. The van der Waals surface area contributed by atoms with E-state index in [0.29, 0.717) is 18.7 Å². The number of esters is 1. The fourth-order valence-electron chi connectivity index (χ4n) is 2.89. The van der Waals surface area contributed by atoms with Gasteiger partial charge in [0.05, 0.1) is 29.7 Å². The van der Waals surface area contributed by atoms with E-state index in [4.69, 9.17) is 16.3 Å². The highest BCUT2D eigenvalue weighted by Gasteiger charge is 2.13. The fourth-order valence-corrected chi connectivity index (χ4v) is 3.16. The van der Waals surface area contributed by atoms with Crippen LogP contribution in [0.3, 0.4) is 0 Å². The molecule has 130 valence electrons. The van der Waals surface area contributed by atoms with E-state index >= 15 is 0 Å². The quantitative estimate of drug-likeness (QED) is 0.617. The van der Waals surface area contributed by atoms with Gasteiger partial charge in [-0.05, 0) is 55.7 Å². The first-order chi connectivity index (χ1) is 12.0. The summed E-state index contributed by atoms with van der Waals surface area (Å²) in [6.07, 6.45) is 0.954. The highest BCUT2D eigenvalue weighted by atomic mass is 35.5. The number of rotatable bonds is 5. The van der Waals surface area contributed by atoms with Gasteiger partial charge in [0.25, 0.3) is 0 Å². The molecule has 5 heteroatoms. The first-order valence-electron chi connectivity index (χ1n) is 8.44. The van der Waals surface area contributed by atoms with Crippen molar-refractivity contribution in [3.8, 4) is 0 Å². The summed E-state index contributed by atoms with van der Waals surface area (Å²) in [5.74, 6) is 0.562. The zero-order valence-corrected chi connectivity index (χ0v) is 15.4. The Morgan fingerprint density at radius 2 is 2.00 bits per heavy atom. The van der Waals surface area contributed by atoms with Gasteiger partial charge < -0.3 is 9.30 Å². The van der Waals surface area contributed by atoms with Crippen LogP contribution in [0.5, 0.6) is 0 Å². The molecule has 0 fully saturated rings. The minimum atomic E-state index is -0.319. The van der Waals surface area contributed by atoms with Crippen LogP contribution in [0.4, 0.5) is 0 Å². The van der Waals surface area contributed by atoms with Crippen molar-refractivity contribution in [3.63, 3.8) is 0 Å². The Bertz CT molecular complexity index is 931. The van der Waals surface area contributed by atoms with Crippen LogP contribution in [-0.4, -0.2) is 22.1 Å². The lowest BCUT2D eigenvalue weighted by Gasteiger charge is -2.10. The number of aryl methyl sites for hydroxylation is 2. The number of halogens is 1. The zero-order valence-electron chi connectivity index (χ0n) is 14.7. The number of hydrogen-bond acceptors (Lipinski definition) is 3. The lowest BCUT2D eigenvalue weighted by molar-refractivity contribution is 0.0526. The van der Waals surface area contributed by atoms with Crippen LogP contribution in [0.15, 0.2) is 36.4 Å². The Hall–Kier alpha value is -2.33. The molecule has 0 aliphatic rings. The van der Waals surface area contributed by atoms with Gasteiger partial charge in [-0.1, -0.05) is 30.7 Å². The highest BCUT2D eigenvalue weighted by molar-refractivity contribution is 6.31. The monoisotopic (exact) mass is 356 g/mol. The SMILES string of the molecule is CCOC(=O)c1ccc2nc(C)n(Cc3ccc(CC)cc3Cl)c2c1. The summed E-state index contributed by atoms with van der Waals surface area (Å²) >= 11 is 6.44. The largest absolute Gasteiger partial charge is 0.462 e. The molecule has 0 radical (unpaired) electrons. The second-order valence-corrected chi connectivity index (χ2v) is 6.36. The molecular formula is C20H21ClN2O2. The lowest BCUT2D eigenvalue weighted by Crippen LogP contribution is -2.06. The molecule has 0 aliphatic heterocycles. The van der Waals surface area contributed by atoms with Crippen LogP contribution in [0.2, 0.25) is 5.02 Å². The fraction of sp³-hybridized carbons (Fsp3) is 0.300. The van der Waals surface area contributed by atoms with Crippen molar-refractivity contribution in [1.29, 1.82) is 0 Å². The van der Waals surface area contributed by atoms with Gasteiger partial charge in [0.1, 0.15) is 5.82 Å². The standard InChI is InChI=1S/C20H21ClN2O2/c1-4-14-6-7-16(17(21)10-14)12-23-13(3)22-18-9-8-15(11-19(18)23)20(24)25-5-2/h6-11H,4-5,12H2,1-3H3. The van der Waals surface area contributed by atoms with Crippen molar-refractivity contribution in [2.45, 2.75) is 33.7 Å². The first-order valence-corrected chi connectivity index (χ1v) is 8.82. The smallest absolute Gasteiger partial charge is 0.338 e. The number of ether oxygens (including phenoxy) is 1. The van der Waals surface area contributed by atoms with Crippen LogP contribution in [0, 0.1) is 6.92 Å². The van der Waals surface area contributed by atoms with Crippen molar-refractivity contribution in [3.05, 3.63) is 63.9 Å². The number of fused-ring (bicyclic) bond motifs is 1. The Labute approximate surface area is 152 Å². The number of imidazole rings is 1. The summed E-state index contributed by atoms with van der Waals surface area (Å²) in [4.78, 5) is 16.6. The summed E-state index contributed by atoms with van der Waals surface area (Å²) < 4.78 is 7.17. The van der Waals surface area contributed by atoms with E-state index in [1.807, 2.05) is 25.1 Å². The summed E-state index contributed by atoms with van der Waals surface area (Å²) in [5.41, 5.74) is 4.53. The minimum absolute atomic E-state index is 0.319. The number of carbonyl (C=O) groups excluding carboxylic acids is 1. The topological polar surface area (TPSA) is 44.1 Å². The second kappa shape index (κ2) is 7.28. The van der Waals surface area contributed by atoms with Gasteiger partial charge in [-0.2, -0.15) is 0 Å². The van der Waals surface area contributed by atoms with E-state index in [0.717, 1.165) is 33.9 Å². The van der Waals surface area contributed by atoms with Crippen molar-refractivity contribution in [1.82, 2.24) is 9.55 Å². The van der Waals surface area contributed by atoms with E-state index < -0.39 is 0 Å². The molecule has 0 atom stereocenters. The van der Waals surface area contributed by atoms with Crippen LogP contribution in [0.25, 0.3) is 11.0 Å². The zero-order chi connectivity index (χ0) is 18.0. The number of nitrogens with zero attached hydrogens (tertiary/aromatic N) is 2. The highest BCUT2D eigenvalue weighted by Crippen LogP contribution is 2.24. The predicted octanol–water partition coefficient (Wildman–Crippen LogP) is 4.79. The molecule has 0 spiro atoms. The molecule has 3 rings (SSSR count). The number of benzene rings is 2. The van der Waals surface area contributed by atoms with E-state index in [2.05, 4.69) is 28.6 Å². The van der Waals surface area contributed by atoms with Crippen LogP contribution in [0.1, 0.15) is 41.2 Å². The molecule has 1 heterocycles. The third-order valence-corrected chi connectivity index (χ3v) is 4.66. The molecule has 0 saturated carbocycles. The average molecular weight is 357 g/mol. The maximum absolute atomic E-state index is 12.0. The molecule has 1 aromatic heterocycles. The first kappa shape index (κ1) is 17.5. The maximum Gasteiger partial charge on any atom is 0.338 e. The average Bonchev–Trinajstić information content (AvgIpc) is 2.91. The summed E-state index contributed by atoms with van der Waals surface area (Å²) in [7, 11) is 0. The Kier molecular flexibility index (Phi) is 5.09. The van der Waals surface area contributed by atoms with E-state index in [-0.39, 0.29) is 5.97 Å². The second-order valence-electron chi connectivity index (χ2n) is 5.95. The van der Waals surface area contributed by atoms with E-state index in [1.54, 1.807) is 13.0 Å². The van der Waals surface area contributed by atoms with Gasteiger partial charge in [0.15, 0.2) is 0 Å². The van der Waals surface area contributed by atoms with Crippen LogP contribution >= 0.6 is 11.6 Å². The van der Waals surface area contributed by atoms with Crippen molar-refractivity contribution < 1.29 is 9.53 Å². The number of carbonyl (C=O) groups is 1. The maximum atomic E-state index is 12.0. The van der Waals surface area contributed by atoms with Crippen LogP contribution < -0.4 is 0 Å². The lowest BCUT2D eigenvalue weighted by atomic mass is 10.1. The van der Waals surface area contributed by atoms with Gasteiger partial charge in [-0.15, -0.1) is 0 Å². The molecule has 4 nitrogen and oxygen atoms in total. The third kappa shape index (κ3) is 3.54. The molecule has 0 N–H and O–H groups in total. The molecule has 0 aliphatic carbocycles. The summed E-state index contributed by atoms with van der Waals surface area (Å²) in [6.45, 7) is 6.83. The molecule has 0 saturated heterocycles. The molecular weight excluding hydrogens is 336 g/mol. The Morgan fingerprint density at radius 3 is 2.68 bits per heavy atom. The summed E-state index contributed by atoms with van der Waals surface area (Å²) in [5, 5.41) is 0.752. The molecule has 0 unspecified atom stereocenters. The molecule has 0 bridgehead atoms. The van der Waals surface area contributed by atoms with Gasteiger partial charge in [0, 0.05) is 5.02 Å². The van der Waals surface area contributed by atoms with Crippen molar-refractivity contribution in [2.24, 2.45) is 0 Å². The van der Waals surface area contributed by atoms with Crippen molar-refractivity contribution >= 4 is 28.6 Å². The Balaban J connectivity index is 2.02. The summed E-state index contributed by atoms with van der Waals surface area (Å²) in [6, 6.07) is 11.6. The van der Waals surface area contributed by atoms with Gasteiger partial charge in [0.2, 0.25) is 0 Å². The molecule has 0 amide bonds. The normalized spacial score (nSPS) is 11.0. The molecule has 25 heavy (non-hydrogen) atoms.